The fourth-order valence-corrected chi connectivity index (χ4v) is 3.06. The lowest BCUT2D eigenvalue weighted by Gasteiger charge is -2.19. The molecule has 0 bridgehead atoms. The van der Waals surface area contributed by atoms with Crippen molar-refractivity contribution in [3.63, 3.8) is 0 Å². The van der Waals surface area contributed by atoms with Crippen LogP contribution in [0.3, 0.4) is 0 Å². The molecule has 0 aromatic heterocycles. The van der Waals surface area contributed by atoms with E-state index in [1.54, 1.807) is 19.1 Å². The number of benzene rings is 1. The van der Waals surface area contributed by atoms with Crippen molar-refractivity contribution in [3.05, 3.63) is 24.3 Å². The quantitative estimate of drug-likeness (QED) is 0.760. The van der Waals surface area contributed by atoms with Crippen LogP contribution in [-0.4, -0.2) is 33.5 Å². The molecule has 1 aromatic rings. The molecular formula is C15H24N2O4S. The zero-order valence-electron chi connectivity index (χ0n) is 13.4. The molecule has 1 aromatic carbocycles. The van der Waals surface area contributed by atoms with Gasteiger partial charge < -0.3 is 10.1 Å². The minimum atomic E-state index is -3.75. The second-order valence-electron chi connectivity index (χ2n) is 5.08. The monoisotopic (exact) mass is 328 g/mol. The minimum absolute atomic E-state index is 0.00652. The molecule has 124 valence electrons. The highest BCUT2D eigenvalue weighted by molar-refractivity contribution is 7.89. The van der Waals surface area contributed by atoms with Crippen molar-refractivity contribution in [3.8, 4) is 5.75 Å². The molecule has 0 aliphatic carbocycles. The number of nitrogens with one attached hydrogen (secondary N) is 2. The van der Waals surface area contributed by atoms with Gasteiger partial charge in [-0.3, -0.25) is 4.79 Å². The molecule has 0 unspecified atom stereocenters. The lowest BCUT2D eigenvalue weighted by Crippen LogP contribution is -2.48. The Kier molecular flexibility index (Phi) is 6.83. The van der Waals surface area contributed by atoms with E-state index in [2.05, 4.69) is 10.0 Å². The Morgan fingerprint density at radius 1 is 1.18 bits per heavy atom. The normalized spacial score (nSPS) is 14.2. The van der Waals surface area contributed by atoms with E-state index in [1.807, 2.05) is 13.8 Å². The van der Waals surface area contributed by atoms with Crippen LogP contribution in [0.4, 0.5) is 0 Å². The second kappa shape index (κ2) is 8.14. The molecule has 2 atom stereocenters. The lowest BCUT2D eigenvalue weighted by atomic mass is 10.2. The van der Waals surface area contributed by atoms with Gasteiger partial charge in [0.2, 0.25) is 15.9 Å². The molecule has 7 heteroatoms. The van der Waals surface area contributed by atoms with Crippen LogP contribution in [0.25, 0.3) is 0 Å². The molecule has 1 rings (SSSR count). The summed E-state index contributed by atoms with van der Waals surface area (Å²) < 4.78 is 32.1. The van der Waals surface area contributed by atoms with Crippen molar-refractivity contribution in [1.29, 1.82) is 0 Å². The Balaban J connectivity index is 2.85. The molecule has 0 saturated heterocycles. The number of amides is 1. The summed E-state index contributed by atoms with van der Waals surface area (Å²) in [6, 6.07) is 5.23. The Bertz CT molecular complexity index is 584. The van der Waals surface area contributed by atoms with Crippen molar-refractivity contribution in [2.45, 2.75) is 50.6 Å². The van der Waals surface area contributed by atoms with Gasteiger partial charge in [-0.05, 0) is 44.0 Å². The first kappa shape index (κ1) is 18.4. The largest absolute Gasteiger partial charge is 0.497 e. The standard InChI is InChI=1S/C15H24N2O4S/c1-5-11(3)16-15(18)14(6-2)17-22(19,20)13-9-7-12(21-4)8-10-13/h7-11,14,17H,5-6H2,1-4H3,(H,16,18)/t11-,14-/m0/s1. The number of hydrogen-bond acceptors (Lipinski definition) is 4. The van der Waals surface area contributed by atoms with Crippen LogP contribution in [0, 0.1) is 0 Å². The molecule has 0 heterocycles. The van der Waals surface area contributed by atoms with E-state index >= 15 is 0 Å². The fraction of sp³-hybridized carbons (Fsp3) is 0.533. The maximum Gasteiger partial charge on any atom is 0.241 e. The number of carbonyl (C=O) groups excluding carboxylic acids is 1. The van der Waals surface area contributed by atoms with Gasteiger partial charge in [0.25, 0.3) is 0 Å². The second-order valence-corrected chi connectivity index (χ2v) is 6.79. The zero-order valence-corrected chi connectivity index (χ0v) is 14.2. The van der Waals surface area contributed by atoms with Gasteiger partial charge in [-0.1, -0.05) is 13.8 Å². The highest BCUT2D eigenvalue weighted by Crippen LogP contribution is 2.16. The van der Waals surface area contributed by atoms with Gasteiger partial charge in [-0.25, -0.2) is 8.42 Å². The average molecular weight is 328 g/mol. The maximum absolute atomic E-state index is 12.3. The van der Waals surface area contributed by atoms with E-state index in [0.29, 0.717) is 12.2 Å². The van der Waals surface area contributed by atoms with Crippen molar-refractivity contribution >= 4 is 15.9 Å². The predicted molar refractivity (Wildman–Crippen MR) is 85.3 cm³/mol. The highest BCUT2D eigenvalue weighted by atomic mass is 32.2. The summed E-state index contributed by atoms with van der Waals surface area (Å²) in [5, 5.41) is 2.79. The molecule has 1 amide bonds. The van der Waals surface area contributed by atoms with Gasteiger partial charge >= 0.3 is 0 Å². The third-order valence-electron chi connectivity index (χ3n) is 3.39. The van der Waals surface area contributed by atoms with E-state index in [4.69, 9.17) is 4.74 Å². The fourth-order valence-electron chi connectivity index (χ4n) is 1.78. The predicted octanol–water partition coefficient (Wildman–Crippen LogP) is 1.67. The molecule has 6 nitrogen and oxygen atoms in total. The highest BCUT2D eigenvalue weighted by Gasteiger charge is 2.24. The molecule has 0 aliphatic rings. The third-order valence-corrected chi connectivity index (χ3v) is 4.88. The van der Waals surface area contributed by atoms with Gasteiger partial charge in [-0.2, -0.15) is 4.72 Å². The van der Waals surface area contributed by atoms with Crippen LogP contribution in [0.5, 0.6) is 5.75 Å². The Morgan fingerprint density at radius 2 is 1.77 bits per heavy atom. The van der Waals surface area contributed by atoms with Crippen LogP contribution in [0.2, 0.25) is 0 Å². The van der Waals surface area contributed by atoms with Crippen LogP contribution < -0.4 is 14.8 Å². The number of methoxy groups -OCH3 is 1. The smallest absolute Gasteiger partial charge is 0.241 e. The lowest BCUT2D eigenvalue weighted by molar-refractivity contribution is -0.123. The first-order chi connectivity index (χ1) is 10.3. The van der Waals surface area contributed by atoms with Crippen molar-refractivity contribution < 1.29 is 17.9 Å². The van der Waals surface area contributed by atoms with E-state index in [9.17, 15) is 13.2 Å². The van der Waals surface area contributed by atoms with E-state index < -0.39 is 16.1 Å². The van der Waals surface area contributed by atoms with E-state index in [-0.39, 0.29) is 16.8 Å². The van der Waals surface area contributed by atoms with Gasteiger partial charge in [0.1, 0.15) is 11.8 Å². The Morgan fingerprint density at radius 3 is 2.23 bits per heavy atom. The maximum atomic E-state index is 12.3. The molecule has 22 heavy (non-hydrogen) atoms. The van der Waals surface area contributed by atoms with Crippen LogP contribution in [-0.2, 0) is 14.8 Å². The Hall–Kier alpha value is -1.60. The molecule has 0 spiro atoms. The third kappa shape index (κ3) is 4.99. The summed E-state index contributed by atoms with van der Waals surface area (Å²) >= 11 is 0. The van der Waals surface area contributed by atoms with Crippen LogP contribution in [0.15, 0.2) is 29.2 Å². The molecule has 2 N–H and O–H groups in total. The summed E-state index contributed by atoms with van der Waals surface area (Å²) in [6.45, 7) is 5.59. The molecule has 0 fully saturated rings. The number of carbonyl (C=O) groups is 1. The first-order valence-electron chi connectivity index (χ1n) is 7.30. The number of sulfonamides is 1. The summed E-state index contributed by atoms with van der Waals surface area (Å²) in [5.41, 5.74) is 0. The van der Waals surface area contributed by atoms with Crippen molar-refractivity contribution in [2.75, 3.05) is 7.11 Å². The minimum Gasteiger partial charge on any atom is -0.497 e. The molecular weight excluding hydrogens is 304 g/mol. The van der Waals surface area contributed by atoms with Gasteiger partial charge in [0, 0.05) is 6.04 Å². The van der Waals surface area contributed by atoms with Crippen molar-refractivity contribution in [2.24, 2.45) is 0 Å². The van der Waals surface area contributed by atoms with Crippen molar-refractivity contribution in [1.82, 2.24) is 10.0 Å². The zero-order chi connectivity index (χ0) is 16.8. The number of ether oxygens (including phenoxy) is 1. The van der Waals surface area contributed by atoms with E-state index in [1.165, 1.54) is 19.2 Å². The summed E-state index contributed by atoms with van der Waals surface area (Å²) in [6.07, 6.45) is 1.16. The summed E-state index contributed by atoms with van der Waals surface area (Å²) in [5.74, 6) is 0.259. The molecule has 0 saturated carbocycles. The summed E-state index contributed by atoms with van der Waals surface area (Å²) in [4.78, 5) is 12.2. The summed E-state index contributed by atoms with van der Waals surface area (Å²) in [7, 11) is -2.24. The van der Waals surface area contributed by atoms with Crippen LogP contribution in [0.1, 0.15) is 33.6 Å². The van der Waals surface area contributed by atoms with E-state index in [0.717, 1.165) is 6.42 Å². The number of rotatable bonds is 8. The van der Waals surface area contributed by atoms with Gasteiger partial charge in [-0.15, -0.1) is 0 Å². The van der Waals surface area contributed by atoms with Gasteiger partial charge in [0.15, 0.2) is 0 Å². The van der Waals surface area contributed by atoms with Crippen LogP contribution >= 0.6 is 0 Å². The topological polar surface area (TPSA) is 84.5 Å². The molecule has 0 radical (unpaired) electrons. The molecule has 0 aliphatic heterocycles. The Labute approximate surface area is 132 Å². The number of hydrogen-bond donors (Lipinski definition) is 2. The SMILES string of the molecule is CC[C@H](NS(=O)(=O)c1ccc(OC)cc1)C(=O)N[C@@H](C)CC. The average Bonchev–Trinajstić information content (AvgIpc) is 2.52. The van der Waals surface area contributed by atoms with Gasteiger partial charge in [0.05, 0.1) is 12.0 Å². The first-order valence-corrected chi connectivity index (χ1v) is 8.79.